The summed E-state index contributed by atoms with van der Waals surface area (Å²) in [4.78, 5) is 29.9. The van der Waals surface area contributed by atoms with E-state index in [-0.39, 0.29) is 17.4 Å². The van der Waals surface area contributed by atoms with Crippen molar-refractivity contribution in [2.45, 2.75) is 31.6 Å². The van der Waals surface area contributed by atoms with Gasteiger partial charge in [0.1, 0.15) is 5.82 Å². The quantitative estimate of drug-likeness (QED) is 0.617. The molecule has 2 aromatic rings. The number of esters is 1. The average Bonchev–Trinajstić information content (AvgIpc) is 3.24. The fraction of sp³-hybridized carbons (Fsp3) is 0.500. The van der Waals surface area contributed by atoms with Crippen LogP contribution in [0.2, 0.25) is 0 Å². The molecule has 9 nitrogen and oxygen atoms in total. The third-order valence-electron chi connectivity index (χ3n) is 3.72. The van der Waals surface area contributed by atoms with Crippen LogP contribution in [0.1, 0.15) is 28.9 Å². The summed E-state index contributed by atoms with van der Waals surface area (Å²) < 4.78 is 6.41. The van der Waals surface area contributed by atoms with Crippen LogP contribution in [0.25, 0.3) is 0 Å². The van der Waals surface area contributed by atoms with E-state index in [2.05, 4.69) is 25.0 Å². The number of aromatic nitrogens is 5. The second-order valence-corrected chi connectivity index (χ2v) is 6.20. The molecule has 0 saturated carbocycles. The van der Waals surface area contributed by atoms with Crippen LogP contribution in [0.5, 0.6) is 0 Å². The molecular weight excluding hydrogens is 332 g/mol. The van der Waals surface area contributed by atoms with Crippen molar-refractivity contribution in [1.82, 2.24) is 29.9 Å². The minimum absolute atomic E-state index is 0.00918. The van der Waals surface area contributed by atoms with Gasteiger partial charge in [-0.05, 0) is 6.07 Å². The summed E-state index contributed by atoms with van der Waals surface area (Å²) in [5.74, 6) is 0.623. The van der Waals surface area contributed by atoms with E-state index in [1.807, 2.05) is 6.92 Å². The molecule has 0 aliphatic carbocycles. The van der Waals surface area contributed by atoms with Gasteiger partial charge in [0, 0.05) is 13.0 Å². The summed E-state index contributed by atoms with van der Waals surface area (Å²) in [6.07, 6.45) is 0.778. The number of ether oxygens (including phenoxy) is 1. The van der Waals surface area contributed by atoms with Gasteiger partial charge in [-0.15, -0.1) is 5.10 Å². The molecule has 0 bridgehead atoms. The number of nitrogens with one attached hydrogen (secondary N) is 1. The van der Waals surface area contributed by atoms with Crippen molar-refractivity contribution in [3.8, 4) is 0 Å². The second-order valence-electron chi connectivity index (χ2n) is 5.26. The zero-order valence-corrected chi connectivity index (χ0v) is 14.3. The lowest BCUT2D eigenvalue weighted by molar-refractivity contribution is -0.129. The van der Waals surface area contributed by atoms with Gasteiger partial charge in [0.15, 0.2) is 5.69 Å². The Hall–Kier alpha value is -2.36. The van der Waals surface area contributed by atoms with Gasteiger partial charge in [-0.3, -0.25) is 14.6 Å². The van der Waals surface area contributed by atoms with E-state index in [1.165, 1.54) is 18.9 Å². The number of aromatic amines is 1. The van der Waals surface area contributed by atoms with Crippen molar-refractivity contribution in [3.05, 3.63) is 23.3 Å². The van der Waals surface area contributed by atoms with E-state index in [1.54, 1.807) is 15.6 Å². The molecule has 0 unspecified atom stereocenters. The van der Waals surface area contributed by atoms with Crippen molar-refractivity contribution in [1.29, 1.82) is 0 Å². The molecule has 1 amide bonds. The highest BCUT2D eigenvalue weighted by Gasteiger charge is 2.24. The molecule has 10 heteroatoms. The maximum atomic E-state index is 12.4. The number of nitrogens with zero attached hydrogens (tertiary/aromatic N) is 5. The second kappa shape index (κ2) is 7.04. The highest BCUT2D eigenvalue weighted by atomic mass is 32.2. The summed E-state index contributed by atoms with van der Waals surface area (Å²) in [7, 11) is 1.32. The van der Waals surface area contributed by atoms with Crippen molar-refractivity contribution in [2.75, 3.05) is 19.4 Å². The van der Waals surface area contributed by atoms with E-state index < -0.39 is 5.97 Å². The van der Waals surface area contributed by atoms with E-state index in [4.69, 9.17) is 0 Å². The number of rotatable bonds is 5. The SMILES string of the molecule is CCc1nc(SCC(=O)N2CCn3nc(C(=O)OC)cc3C2)n[nH]1. The molecule has 0 atom stereocenters. The van der Waals surface area contributed by atoms with Crippen LogP contribution in [0.3, 0.4) is 0 Å². The Labute approximate surface area is 142 Å². The van der Waals surface area contributed by atoms with Crippen LogP contribution in [0.15, 0.2) is 11.2 Å². The van der Waals surface area contributed by atoms with Gasteiger partial charge in [-0.1, -0.05) is 18.7 Å². The van der Waals surface area contributed by atoms with Gasteiger partial charge in [-0.25, -0.2) is 9.78 Å². The van der Waals surface area contributed by atoms with Crippen LogP contribution in [0, 0.1) is 0 Å². The largest absolute Gasteiger partial charge is 0.464 e. The first-order valence-corrected chi connectivity index (χ1v) is 8.56. The summed E-state index contributed by atoms with van der Waals surface area (Å²) in [6, 6.07) is 1.67. The van der Waals surface area contributed by atoms with E-state index in [0.29, 0.717) is 24.8 Å². The van der Waals surface area contributed by atoms with Crippen molar-refractivity contribution in [2.24, 2.45) is 0 Å². The topological polar surface area (TPSA) is 106 Å². The van der Waals surface area contributed by atoms with Gasteiger partial charge in [-0.2, -0.15) is 5.10 Å². The monoisotopic (exact) mass is 350 g/mol. The van der Waals surface area contributed by atoms with Crippen LogP contribution in [0.4, 0.5) is 0 Å². The maximum absolute atomic E-state index is 12.4. The zero-order chi connectivity index (χ0) is 17.1. The smallest absolute Gasteiger partial charge is 0.358 e. The average molecular weight is 350 g/mol. The summed E-state index contributed by atoms with van der Waals surface area (Å²) >= 11 is 1.31. The highest BCUT2D eigenvalue weighted by Crippen LogP contribution is 2.18. The fourth-order valence-electron chi connectivity index (χ4n) is 2.40. The lowest BCUT2D eigenvalue weighted by Gasteiger charge is -2.27. The van der Waals surface area contributed by atoms with Crippen molar-refractivity contribution >= 4 is 23.6 Å². The van der Waals surface area contributed by atoms with Gasteiger partial charge in [0.25, 0.3) is 0 Å². The molecule has 1 aliphatic rings. The van der Waals surface area contributed by atoms with Gasteiger partial charge in [0.2, 0.25) is 11.1 Å². The molecule has 3 rings (SSSR count). The first-order chi connectivity index (χ1) is 11.6. The Bertz CT molecular complexity index is 756. The predicted molar refractivity (Wildman–Crippen MR) is 85.5 cm³/mol. The number of aryl methyl sites for hydroxylation is 1. The van der Waals surface area contributed by atoms with Crippen LogP contribution in [-0.2, 0) is 29.0 Å². The summed E-state index contributed by atoms with van der Waals surface area (Å²) in [5, 5.41) is 11.7. The molecule has 1 N–H and O–H groups in total. The van der Waals surface area contributed by atoms with Crippen molar-refractivity contribution < 1.29 is 14.3 Å². The van der Waals surface area contributed by atoms with Gasteiger partial charge >= 0.3 is 5.97 Å². The molecule has 1 aliphatic heterocycles. The molecule has 0 fully saturated rings. The van der Waals surface area contributed by atoms with Crippen LogP contribution in [-0.4, -0.2) is 61.1 Å². The Balaban J connectivity index is 1.59. The van der Waals surface area contributed by atoms with Crippen molar-refractivity contribution in [3.63, 3.8) is 0 Å². The van der Waals surface area contributed by atoms with Gasteiger partial charge in [0.05, 0.1) is 31.6 Å². The number of carbonyl (C=O) groups excluding carboxylic acids is 2. The number of hydrogen-bond acceptors (Lipinski definition) is 7. The third kappa shape index (κ3) is 3.42. The van der Waals surface area contributed by atoms with Gasteiger partial charge < -0.3 is 9.64 Å². The molecular formula is C14H18N6O3S. The number of H-pyrrole nitrogens is 1. The molecule has 3 heterocycles. The van der Waals surface area contributed by atoms with Crippen LogP contribution < -0.4 is 0 Å². The van der Waals surface area contributed by atoms with Crippen LogP contribution >= 0.6 is 11.8 Å². The summed E-state index contributed by atoms with van der Waals surface area (Å²) in [5.41, 5.74) is 1.09. The Morgan fingerprint density at radius 3 is 2.96 bits per heavy atom. The molecule has 2 aromatic heterocycles. The lowest BCUT2D eigenvalue weighted by Crippen LogP contribution is -2.39. The highest BCUT2D eigenvalue weighted by molar-refractivity contribution is 7.99. The Morgan fingerprint density at radius 2 is 2.25 bits per heavy atom. The minimum Gasteiger partial charge on any atom is -0.464 e. The van der Waals surface area contributed by atoms with E-state index in [9.17, 15) is 9.59 Å². The molecule has 128 valence electrons. The lowest BCUT2D eigenvalue weighted by atomic mass is 10.3. The first kappa shape index (κ1) is 16.5. The molecule has 0 spiro atoms. The number of thioether (sulfide) groups is 1. The number of carbonyl (C=O) groups is 2. The summed E-state index contributed by atoms with van der Waals surface area (Å²) in [6.45, 7) is 3.53. The molecule has 0 aromatic carbocycles. The number of fused-ring (bicyclic) bond motifs is 1. The minimum atomic E-state index is -0.471. The number of hydrogen-bond donors (Lipinski definition) is 1. The first-order valence-electron chi connectivity index (χ1n) is 7.57. The Morgan fingerprint density at radius 1 is 1.42 bits per heavy atom. The van der Waals surface area contributed by atoms with E-state index >= 15 is 0 Å². The third-order valence-corrected chi connectivity index (χ3v) is 4.55. The number of amides is 1. The number of methoxy groups -OCH3 is 1. The zero-order valence-electron chi connectivity index (χ0n) is 13.5. The predicted octanol–water partition coefficient (Wildman–Crippen LogP) is 0.485. The normalized spacial score (nSPS) is 13.7. The molecule has 0 radical (unpaired) electrons. The standard InChI is InChI=1S/C14H18N6O3S/c1-3-11-15-14(17-16-11)24-8-12(21)19-4-5-20-9(7-19)6-10(18-20)13(22)23-2/h6H,3-5,7-8H2,1-2H3,(H,15,16,17). The maximum Gasteiger partial charge on any atom is 0.358 e. The molecule has 24 heavy (non-hydrogen) atoms. The Kier molecular flexibility index (Phi) is 4.84. The fourth-order valence-corrected chi connectivity index (χ4v) is 3.12. The molecule has 0 saturated heterocycles. The van der Waals surface area contributed by atoms with E-state index in [0.717, 1.165) is 17.9 Å².